The lowest BCUT2D eigenvalue weighted by atomic mass is 9.93. The van der Waals surface area contributed by atoms with Gasteiger partial charge in [0.1, 0.15) is 11.5 Å². The molecule has 0 saturated carbocycles. The highest BCUT2D eigenvalue weighted by Gasteiger charge is 2.21. The van der Waals surface area contributed by atoms with Gasteiger partial charge in [-0.15, -0.1) is 0 Å². The third-order valence-corrected chi connectivity index (χ3v) is 7.15. The van der Waals surface area contributed by atoms with Crippen molar-refractivity contribution in [3.8, 4) is 11.5 Å². The first-order valence-electron chi connectivity index (χ1n) is 15.1. The quantitative estimate of drug-likeness (QED) is 0.0905. The standard InChI is InChI=1S/C34H46O6/c1-5-9-11-15-19-37-30(35)23-39-33-27-17-13-14-18-28(27)34(40-24-31(36)38-20-16-12-10-6-2)32-26(8-4)21-25(7-3)22-29(32)33/h13-14,17-18,21-22H,5-12,15-16,19-20,23-24H2,1-4H3. The number of aryl methyl sites for hydroxylation is 2. The van der Waals surface area contributed by atoms with E-state index in [1.165, 1.54) is 5.56 Å². The predicted octanol–water partition coefficient (Wildman–Crippen LogP) is 8.12. The molecular formula is C34H46O6. The lowest BCUT2D eigenvalue weighted by Crippen LogP contribution is -2.17. The minimum absolute atomic E-state index is 0.171. The topological polar surface area (TPSA) is 71.1 Å². The van der Waals surface area contributed by atoms with Crippen molar-refractivity contribution in [2.75, 3.05) is 26.4 Å². The Balaban J connectivity index is 1.92. The SMILES string of the molecule is CCCCCCOC(=O)COc1c2ccccc2c(OCC(=O)OCCCCCC)c2c(CC)cc(CC)cc12. The van der Waals surface area contributed by atoms with Crippen LogP contribution in [-0.2, 0) is 31.9 Å². The monoisotopic (exact) mass is 550 g/mol. The number of unbranched alkanes of at least 4 members (excludes halogenated alkanes) is 6. The minimum Gasteiger partial charge on any atom is -0.481 e. The zero-order chi connectivity index (χ0) is 28.7. The number of rotatable bonds is 18. The second-order valence-corrected chi connectivity index (χ2v) is 10.2. The maximum atomic E-state index is 12.5. The van der Waals surface area contributed by atoms with E-state index in [1.807, 2.05) is 24.3 Å². The second-order valence-electron chi connectivity index (χ2n) is 10.2. The Labute approximate surface area is 239 Å². The van der Waals surface area contributed by atoms with Crippen LogP contribution in [0.1, 0.15) is 90.2 Å². The van der Waals surface area contributed by atoms with Crippen molar-refractivity contribution in [1.29, 1.82) is 0 Å². The second kappa shape index (κ2) is 16.7. The smallest absolute Gasteiger partial charge is 0.344 e. The van der Waals surface area contributed by atoms with Crippen LogP contribution in [0.2, 0.25) is 0 Å². The number of fused-ring (bicyclic) bond motifs is 2. The van der Waals surface area contributed by atoms with Gasteiger partial charge >= 0.3 is 11.9 Å². The molecule has 0 aliphatic carbocycles. The maximum absolute atomic E-state index is 12.5. The number of ether oxygens (including phenoxy) is 4. The minimum atomic E-state index is -0.377. The van der Waals surface area contributed by atoms with Crippen LogP contribution in [0.3, 0.4) is 0 Å². The van der Waals surface area contributed by atoms with Crippen molar-refractivity contribution in [3.05, 3.63) is 47.5 Å². The molecule has 0 spiro atoms. The van der Waals surface area contributed by atoms with Gasteiger partial charge in [0.2, 0.25) is 0 Å². The molecule has 0 heterocycles. The van der Waals surface area contributed by atoms with Gasteiger partial charge in [0, 0.05) is 21.5 Å². The Hall–Kier alpha value is -3.28. The predicted molar refractivity (Wildman–Crippen MR) is 161 cm³/mol. The molecule has 6 nitrogen and oxygen atoms in total. The van der Waals surface area contributed by atoms with E-state index in [4.69, 9.17) is 18.9 Å². The van der Waals surface area contributed by atoms with Gasteiger partial charge in [-0.05, 0) is 42.9 Å². The molecule has 3 rings (SSSR count). The summed E-state index contributed by atoms with van der Waals surface area (Å²) in [6.07, 6.45) is 9.99. The van der Waals surface area contributed by atoms with Crippen molar-refractivity contribution in [2.45, 2.75) is 91.9 Å². The van der Waals surface area contributed by atoms with Crippen LogP contribution in [-0.4, -0.2) is 38.4 Å². The number of esters is 2. The summed E-state index contributed by atoms with van der Waals surface area (Å²) < 4.78 is 23.3. The summed E-state index contributed by atoms with van der Waals surface area (Å²) in [4.78, 5) is 25.1. The molecule has 0 aliphatic rings. The molecule has 40 heavy (non-hydrogen) atoms. The number of benzene rings is 3. The molecule has 0 unspecified atom stereocenters. The summed E-state index contributed by atoms with van der Waals surface area (Å²) in [6, 6.07) is 12.1. The van der Waals surface area contributed by atoms with Gasteiger partial charge in [-0.1, -0.05) is 96.6 Å². The van der Waals surface area contributed by atoms with Crippen molar-refractivity contribution in [1.82, 2.24) is 0 Å². The van der Waals surface area contributed by atoms with Crippen molar-refractivity contribution in [2.24, 2.45) is 0 Å². The summed E-state index contributed by atoms with van der Waals surface area (Å²) in [5.41, 5.74) is 2.27. The van der Waals surface area contributed by atoms with Gasteiger partial charge in [0.25, 0.3) is 0 Å². The molecule has 0 saturated heterocycles. The largest absolute Gasteiger partial charge is 0.481 e. The van der Waals surface area contributed by atoms with Crippen LogP contribution >= 0.6 is 0 Å². The van der Waals surface area contributed by atoms with E-state index in [2.05, 4.69) is 39.8 Å². The zero-order valence-electron chi connectivity index (χ0n) is 24.8. The summed E-state index contributed by atoms with van der Waals surface area (Å²) in [5.74, 6) is 0.514. The maximum Gasteiger partial charge on any atom is 0.344 e. The van der Waals surface area contributed by atoms with Crippen molar-refractivity contribution < 1.29 is 28.5 Å². The number of carbonyl (C=O) groups is 2. The van der Waals surface area contributed by atoms with Gasteiger partial charge in [0.15, 0.2) is 13.2 Å². The normalized spacial score (nSPS) is 11.1. The lowest BCUT2D eigenvalue weighted by molar-refractivity contribution is -0.147. The molecule has 3 aromatic rings. The molecule has 6 heteroatoms. The molecular weight excluding hydrogens is 504 g/mol. The lowest BCUT2D eigenvalue weighted by Gasteiger charge is -2.20. The van der Waals surface area contributed by atoms with E-state index in [1.54, 1.807) is 0 Å². The Morgan fingerprint density at radius 1 is 0.625 bits per heavy atom. The molecule has 0 N–H and O–H groups in total. The molecule has 0 bridgehead atoms. The highest BCUT2D eigenvalue weighted by Crippen LogP contribution is 2.45. The van der Waals surface area contributed by atoms with E-state index in [0.717, 1.165) is 91.3 Å². The van der Waals surface area contributed by atoms with Crippen LogP contribution in [0.15, 0.2) is 36.4 Å². The van der Waals surface area contributed by atoms with Crippen molar-refractivity contribution >= 4 is 33.5 Å². The van der Waals surface area contributed by atoms with E-state index in [9.17, 15) is 9.59 Å². The fraction of sp³-hybridized carbons (Fsp3) is 0.529. The van der Waals surface area contributed by atoms with E-state index < -0.39 is 0 Å². The van der Waals surface area contributed by atoms with Gasteiger partial charge in [0.05, 0.1) is 13.2 Å². The van der Waals surface area contributed by atoms with Crippen LogP contribution in [0.4, 0.5) is 0 Å². The van der Waals surface area contributed by atoms with Gasteiger partial charge < -0.3 is 18.9 Å². The Morgan fingerprint density at radius 2 is 1.18 bits per heavy atom. The Morgan fingerprint density at radius 3 is 1.70 bits per heavy atom. The highest BCUT2D eigenvalue weighted by atomic mass is 16.6. The van der Waals surface area contributed by atoms with Gasteiger partial charge in [-0.3, -0.25) is 0 Å². The first-order valence-corrected chi connectivity index (χ1v) is 15.1. The Bertz CT molecular complexity index is 1250. The first-order chi connectivity index (χ1) is 19.5. The molecule has 218 valence electrons. The number of hydrogen-bond acceptors (Lipinski definition) is 6. The number of hydrogen-bond donors (Lipinski definition) is 0. The number of carbonyl (C=O) groups excluding carboxylic acids is 2. The Kier molecular flexibility index (Phi) is 13.1. The van der Waals surface area contributed by atoms with Crippen LogP contribution in [0.5, 0.6) is 11.5 Å². The molecule has 3 aromatic carbocycles. The van der Waals surface area contributed by atoms with Gasteiger partial charge in [-0.25, -0.2) is 9.59 Å². The van der Waals surface area contributed by atoms with Gasteiger partial charge in [-0.2, -0.15) is 0 Å². The van der Waals surface area contributed by atoms with Crippen LogP contribution in [0.25, 0.3) is 21.5 Å². The molecule has 0 aliphatic heterocycles. The van der Waals surface area contributed by atoms with Crippen LogP contribution in [0, 0.1) is 0 Å². The summed E-state index contributed by atoms with van der Waals surface area (Å²) in [7, 11) is 0. The fourth-order valence-electron chi connectivity index (χ4n) is 4.94. The van der Waals surface area contributed by atoms with E-state index in [0.29, 0.717) is 24.7 Å². The van der Waals surface area contributed by atoms with Crippen LogP contribution < -0.4 is 9.47 Å². The zero-order valence-corrected chi connectivity index (χ0v) is 24.8. The molecule has 0 amide bonds. The summed E-state index contributed by atoms with van der Waals surface area (Å²) in [6.45, 7) is 9.00. The molecule has 0 aromatic heterocycles. The fourth-order valence-corrected chi connectivity index (χ4v) is 4.94. The molecule has 0 atom stereocenters. The molecule has 0 fully saturated rings. The molecule has 0 radical (unpaired) electrons. The summed E-state index contributed by atoms with van der Waals surface area (Å²) >= 11 is 0. The average molecular weight is 551 g/mol. The van der Waals surface area contributed by atoms with E-state index in [-0.39, 0.29) is 25.2 Å². The third kappa shape index (κ3) is 8.61. The average Bonchev–Trinajstić information content (AvgIpc) is 2.97. The third-order valence-electron chi connectivity index (χ3n) is 7.15. The van der Waals surface area contributed by atoms with Crippen molar-refractivity contribution in [3.63, 3.8) is 0 Å². The highest BCUT2D eigenvalue weighted by molar-refractivity contribution is 6.12. The van der Waals surface area contributed by atoms with E-state index >= 15 is 0 Å². The first kappa shape index (κ1) is 31.3. The summed E-state index contributed by atoms with van der Waals surface area (Å²) in [5, 5.41) is 3.42.